The predicted molar refractivity (Wildman–Crippen MR) is 92.0 cm³/mol. The number of nitrogens with zero attached hydrogens (tertiary/aromatic N) is 3. The molecule has 1 aliphatic carbocycles. The molecule has 126 valence electrons. The van der Waals surface area contributed by atoms with Crippen molar-refractivity contribution in [3.63, 3.8) is 0 Å². The molecule has 0 radical (unpaired) electrons. The molecule has 0 spiro atoms. The number of fused-ring (bicyclic) bond motifs is 4. The zero-order chi connectivity index (χ0) is 15.9. The summed E-state index contributed by atoms with van der Waals surface area (Å²) in [4.78, 5) is 7.32. The molecule has 3 saturated heterocycles. The predicted octanol–water partition coefficient (Wildman–Crippen LogP) is 3.54. The normalized spacial score (nSPS) is 31.3. The van der Waals surface area contributed by atoms with Crippen LogP contribution in [0.3, 0.4) is 0 Å². The zero-order valence-corrected chi connectivity index (χ0v) is 14.2. The topological polar surface area (TPSA) is 42.2 Å². The molecule has 6 rings (SSSR count). The third-order valence-electron chi connectivity index (χ3n) is 6.44. The van der Waals surface area contributed by atoms with E-state index < -0.39 is 0 Å². The van der Waals surface area contributed by atoms with E-state index in [4.69, 9.17) is 9.51 Å². The SMILES string of the molecule is c1ccc2c(c1)CCC2CCc1nc(C2CN3CCC2CC3)no1. The molecule has 2 atom stereocenters. The number of piperidine rings is 3. The van der Waals surface area contributed by atoms with Crippen LogP contribution in [0.4, 0.5) is 0 Å². The molecule has 0 saturated carbocycles. The second-order valence-electron chi connectivity index (χ2n) is 7.76. The van der Waals surface area contributed by atoms with Crippen molar-refractivity contribution in [2.75, 3.05) is 19.6 Å². The van der Waals surface area contributed by atoms with Crippen LogP contribution in [0.15, 0.2) is 28.8 Å². The molecule has 0 N–H and O–H groups in total. The van der Waals surface area contributed by atoms with E-state index in [9.17, 15) is 0 Å². The Morgan fingerprint density at radius 3 is 2.83 bits per heavy atom. The van der Waals surface area contributed by atoms with Gasteiger partial charge in [0, 0.05) is 18.9 Å². The average Bonchev–Trinajstić information content (AvgIpc) is 3.28. The minimum absolute atomic E-state index is 0.497. The van der Waals surface area contributed by atoms with Gasteiger partial charge in [0.15, 0.2) is 5.82 Å². The Balaban J connectivity index is 1.24. The van der Waals surface area contributed by atoms with Crippen molar-refractivity contribution in [1.82, 2.24) is 15.0 Å². The number of aromatic nitrogens is 2. The van der Waals surface area contributed by atoms with Crippen LogP contribution in [0.1, 0.15) is 60.4 Å². The first-order valence-electron chi connectivity index (χ1n) is 9.49. The Hall–Kier alpha value is -1.68. The fourth-order valence-electron chi connectivity index (χ4n) is 5.02. The summed E-state index contributed by atoms with van der Waals surface area (Å²) >= 11 is 0. The van der Waals surface area contributed by atoms with E-state index in [1.165, 1.54) is 49.9 Å². The zero-order valence-electron chi connectivity index (χ0n) is 14.2. The van der Waals surface area contributed by atoms with E-state index in [0.29, 0.717) is 11.8 Å². The van der Waals surface area contributed by atoms with Crippen molar-refractivity contribution in [2.24, 2.45) is 5.92 Å². The molecule has 2 aromatic rings. The Bertz CT molecular complexity index is 717. The largest absolute Gasteiger partial charge is 0.339 e. The van der Waals surface area contributed by atoms with E-state index in [1.807, 2.05) is 0 Å². The highest BCUT2D eigenvalue weighted by atomic mass is 16.5. The van der Waals surface area contributed by atoms with Crippen LogP contribution in [0.5, 0.6) is 0 Å². The standard InChI is InChI=1S/C20H25N3O/c1-2-4-17-14(3-1)5-6-15(17)7-8-19-21-20(22-24-19)18-13-23-11-9-16(18)10-12-23/h1-4,15-16,18H,5-13H2. The molecule has 4 heteroatoms. The van der Waals surface area contributed by atoms with E-state index in [1.54, 1.807) is 0 Å². The molecule has 3 aliphatic heterocycles. The van der Waals surface area contributed by atoms with E-state index in [0.717, 1.165) is 37.0 Å². The van der Waals surface area contributed by atoms with Gasteiger partial charge in [-0.1, -0.05) is 29.4 Å². The van der Waals surface area contributed by atoms with Crippen molar-refractivity contribution in [2.45, 2.75) is 50.4 Å². The molecule has 4 heterocycles. The molecule has 4 nitrogen and oxygen atoms in total. The molecule has 1 aromatic heterocycles. The van der Waals surface area contributed by atoms with E-state index >= 15 is 0 Å². The second kappa shape index (κ2) is 5.99. The first-order chi connectivity index (χ1) is 11.9. The lowest BCUT2D eigenvalue weighted by Gasteiger charge is -2.43. The van der Waals surface area contributed by atoms with Gasteiger partial charge in [-0.2, -0.15) is 4.98 Å². The quantitative estimate of drug-likeness (QED) is 0.863. The van der Waals surface area contributed by atoms with Crippen molar-refractivity contribution in [3.8, 4) is 0 Å². The lowest BCUT2D eigenvalue weighted by molar-refractivity contribution is 0.0825. The van der Waals surface area contributed by atoms with Gasteiger partial charge < -0.3 is 9.42 Å². The van der Waals surface area contributed by atoms with Gasteiger partial charge in [-0.15, -0.1) is 0 Å². The van der Waals surface area contributed by atoms with Crippen molar-refractivity contribution in [1.29, 1.82) is 0 Å². The van der Waals surface area contributed by atoms with Crippen LogP contribution >= 0.6 is 0 Å². The van der Waals surface area contributed by atoms with E-state index in [2.05, 4.69) is 34.3 Å². The number of rotatable bonds is 4. The van der Waals surface area contributed by atoms with Gasteiger partial charge in [0.1, 0.15) is 0 Å². The summed E-state index contributed by atoms with van der Waals surface area (Å²) < 4.78 is 5.59. The van der Waals surface area contributed by atoms with Crippen molar-refractivity contribution < 1.29 is 4.52 Å². The summed E-state index contributed by atoms with van der Waals surface area (Å²) in [5, 5.41) is 4.34. The molecule has 2 bridgehead atoms. The maximum Gasteiger partial charge on any atom is 0.226 e. The third-order valence-corrected chi connectivity index (χ3v) is 6.44. The molecular formula is C20H25N3O. The summed E-state index contributed by atoms with van der Waals surface area (Å²) in [6, 6.07) is 8.88. The molecule has 24 heavy (non-hydrogen) atoms. The van der Waals surface area contributed by atoms with Gasteiger partial charge in [-0.25, -0.2) is 0 Å². The summed E-state index contributed by atoms with van der Waals surface area (Å²) in [5.41, 5.74) is 3.07. The van der Waals surface area contributed by atoms with Gasteiger partial charge >= 0.3 is 0 Å². The Morgan fingerprint density at radius 2 is 2.00 bits per heavy atom. The van der Waals surface area contributed by atoms with Crippen molar-refractivity contribution in [3.05, 3.63) is 47.1 Å². The first-order valence-corrected chi connectivity index (χ1v) is 9.49. The van der Waals surface area contributed by atoms with Gasteiger partial charge in [-0.05, 0) is 68.2 Å². The van der Waals surface area contributed by atoms with Crippen LogP contribution in [0.2, 0.25) is 0 Å². The summed E-state index contributed by atoms with van der Waals surface area (Å²) in [5.74, 6) is 3.73. The Kier molecular flexibility index (Phi) is 3.66. The molecule has 2 unspecified atom stereocenters. The summed E-state index contributed by atoms with van der Waals surface area (Å²) in [7, 11) is 0. The minimum Gasteiger partial charge on any atom is -0.339 e. The monoisotopic (exact) mass is 323 g/mol. The van der Waals surface area contributed by atoms with E-state index in [-0.39, 0.29) is 0 Å². The molecule has 3 fully saturated rings. The Morgan fingerprint density at radius 1 is 1.12 bits per heavy atom. The molecular weight excluding hydrogens is 298 g/mol. The third kappa shape index (κ3) is 2.57. The summed E-state index contributed by atoms with van der Waals surface area (Å²) in [6.07, 6.45) is 7.11. The molecule has 1 aromatic carbocycles. The average molecular weight is 323 g/mol. The number of aryl methyl sites for hydroxylation is 2. The number of hydrogen-bond acceptors (Lipinski definition) is 4. The van der Waals surface area contributed by atoms with Crippen LogP contribution in [-0.4, -0.2) is 34.7 Å². The lowest BCUT2D eigenvalue weighted by atomic mass is 9.79. The highest BCUT2D eigenvalue weighted by molar-refractivity contribution is 5.34. The fraction of sp³-hybridized carbons (Fsp3) is 0.600. The highest BCUT2D eigenvalue weighted by Gasteiger charge is 2.37. The number of hydrogen-bond donors (Lipinski definition) is 0. The van der Waals surface area contributed by atoms with Crippen LogP contribution < -0.4 is 0 Å². The molecule has 4 aliphatic rings. The maximum atomic E-state index is 5.59. The minimum atomic E-state index is 0.497. The van der Waals surface area contributed by atoms with Crippen LogP contribution in [-0.2, 0) is 12.8 Å². The summed E-state index contributed by atoms with van der Waals surface area (Å²) in [6.45, 7) is 3.64. The van der Waals surface area contributed by atoms with Crippen molar-refractivity contribution >= 4 is 0 Å². The number of benzene rings is 1. The highest BCUT2D eigenvalue weighted by Crippen LogP contribution is 2.38. The second-order valence-corrected chi connectivity index (χ2v) is 7.76. The van der Waals surface area contributed by atoms with Crippen LogP contribution in [0, 0.1) is 5.92 Å². The first kappa shape index (κ1) is 14.6. The van der Waals surface area contributed by atoms with Gasteiger partial charge in [0.05, 0.1) is 0 Å². The van der Waals surface area contributed by atoms with Crippen LogP contribution in [0.25, 0.3) is 0 Å². The van der Waals surface area contributed by atoms with Gasteiger partial charge in [-0.3, -0.25) is 0 Å². The maximum absolute atomic E-state index is 5.59. The molecule has 0 amide bonds. The lowest BCUT2D eigenvalue weighted by Crippen LogP contribution is -2.46. The Labute approximate surface area is 143 Å². The van der Waals surface area contributed by atoms with Gasteiger partial charge in [0.2, 0.25) is 5.89 Å². The fourth-order valence-corrected chi connectivity index (χ4v) is 5.02. The van der Waals surface area contributed by atoms with Gasteiger partial charge in [0.25, 0.3) is 0 Å². The smallest absolute Gasteiger partial charge is 0.226 e.